The molecule has 1 aliphatic heterocycles. The second-order valence-corrected chi connectivity index (χ2v) is 4.87. The summed E-state index contributed by atoms with van der Waals surface area (Å²) in [5.74, 6) is -0.233. The van der Waals surface area contributed by atoms with E-state index in [1.165, 1.54) is 12.7 Å². The van der Waals surface area contributed by atoms with Crippen molar-refractivity contribution in [3.05, 3.63) is 12.7 Å². The van der Waals surface area contributed by atoms with Crippen LogP contribution in [0, 0.1) is 5.41 Å². The number of aromatic amines is 1. The van der Waals surface area contributed by atoms with E-state index in [2.05, 4.69) is 25.3 Å². The number of rotatable bonds is 4. The summed E-state index contributed by atoms with van der Waals surface area (Å²) in [6.45, 7) is 1.24. The minimum absolute atomic E-state index is 0.302. The molecule has 0 unspecified atom stereocenters. The summed E-state index contributed by atoms with van der Waals surface area (Å²) in [4.78, 5) is 26.7. The van der Waals surface area contributed by atoms with E-state index in [0.717, 1.165) is 0 Å². The molecule has 8 heteroatoms. The average Bonchev–Trinajstić information content (AvgIpc) is 2.95. The summed E-state index contributed by atoms with van der Waals surface area (Å²) < 4.78 is 5.25. The Kier molecular flexibility index (Phi) is 3.23. The van der Waals surface area contributed by atoms with Gasteiger partial charge in [0.25, 0.3) is 0 Å². The van der Waals surface area contributed by atoms with Gasteiger partial charge in [-0.05, 0) is 12.8 Å². The monoisotopic (exact) mass is 277 g/mol. The van der Waals surface area contributed by atoms with Crippen molar-refractivity contribution < 1.29 is 14.6 Å². The molecule has 1 fully saturated rings. The fourth-order valence-electron chi connectivity index (χ4n) is 2.38. The number of aromatic nitrogens is 4. The molecule has 0 radical (unpaired) electrons. The molecule has 3 N–H and O–H groups in total. The number of carboxylic acid groups (broad SMARTS) is 1. The fourth-order valence-corrected chi connectivity index (χ4v) is 2.38. The van der Waals surface area contributed by atoms with Crippen LogP contribution in [0.1, 0.15) is 12.8 Å². The van der Waals surface area contributed by atoms with Crippen LogP contribution in [0.5, 0.6) is 0 Å². The number of nitrogens with one attached hydrogen (secondary N) is 2. The highest BCUT2D eigenvalue weighted by Crippen LogP contribution is 2.31. The van der Waals surface area contributed by atoms with E-state index < -0.39 is 11.4 Å². The lowest BCUT2D eigenvalue weighted by Gasteiger charge is -2.33. The highest BCUT2D eigenvalue weighted by molar-refractivity contribution is 5.82. The van der Waals surface area contributed by atoms with Crippen molar-refractivity contribution in [1.29, 1.82) is 0 Å². The van der Waals surface area contributed by atoms with Gasteiger partial charge in [-0.15, -0.1) is 0 Å². The third-order valence-electron chi connectivity index (χ3n) is 3.72. The van der Waals surface area contributed by atoms with Crippen LogP contribution in [-0.2, 0) is 9.53 Å². The number of hydrogen-bond acceptors (Lipinski definition) is 6. The Bertz CT molecular complexity index is 620. The van der Waals surface area contributed by atoms with E-state index in [1.54, 1.807) is 0 Å². The zero-order valence-electron chi connectivity index (χ0n) is 10.8. The highest BCUT2D eigenvalue weighted by atomic mass is 16.5. The summed E-state index contributed by atoms with van der Waals surface area (Å²) >= 11 is 0. The minimum Gasteiger partial charge on any atom is -0.481 e. The van der Waals surface area contributed by atoms with Crippen LogP contribution < -0.4 is 5.32 Å². The van der Waals surface area contributed by atoms with Crippen LogP contribution in [0.25, 0.3) is 11.2 Å². The molecular weight excluding hydrogens is 262 g/mol. The third kappa shape index (κ3) is 2.18. The number of ether oxygens (including phenoxy) is 1. The maximum Gasteiger partial charge on any atom is 0.311 e. The second kappa shape index (κ2) is 5.04. The quantitative estimate of drug-likeness (QED) is 0.751. The molecule has 1 aliphatic rings. The lowest BCUT2D eigenvalue weighted by Crippen LogP contribution is -2.42. The van der Waals surface area contributed by atoms with Crippen LogP contribution >= 0.6 is 0 Å². The Hall–Kier alpha value is -2.22. The number of anilines is 1. The number of carbonyl (C=O) groups is 1. The zero-order chi connectivity index (χ0) is 14.0. The van der Waals surface area contributed by atoms with Gasteiger partial charge in [-0.3, -0.25) is 4.79 Å². The van der Waals surface area contributed by atoms with E-state index in [-0.39, 0.29) is 0 Å². The lowest BCUT2D eigenvalue weighted by atomic mass is 9.80. The number of carboxylic acids is 1. The first-order valence-corrected chi connectivity index (χ1v) is 6.40. The summed E-state index contributed by atoms with van der Waals surface area (Å²) in [5.41, 5.74) is 0.425. The molecule has 0 aromatic carbocycles. The molecule has 3 heterocycles. The van der Waals surface area contributed by atoms with Gasteiger partial charge in [-0.1, -0.05) is 0 Å². The van der Waals surface area contributed by atoms with Gasteiger partial charge >= 0.3 is 5.97 Å². The van der Waals surface area contributed by atoms with Crippen LogP contribution in [0.2, 0.25) is 0 Å². The Morgan fingerprint density at radius 2 is 2.20 bits per heavy atom. The Balaban J connectivity index is 1.80. The number of hydrogen-bond donors (Lipinski definition) is 3. The smallest absolute Gasteiger partial charge is 0.311 e. The normalized spacial score (nSPS) is 18.0. The summed E-state index contributed by atoms with van der Waals surface area (Å²) in [6.07, 6.45) is 3.92. The molecule has 2 aromatic rings. The predicted octanol–water partition coefficient (Wildman–Crippen LogP) is 0.646. The van der Waals surface area contributed by atoms with Crippen molar-refractivity contribution in [2.24, 2.45) is 5.41 Å². The van der Waals surface area contributed by atoms with Gasteiger partial charge < -0.3 is 20.1 Å². The molecule has 20 heavy (non-hydrogen) atoms. The second-order valence-electron chi connectivity index (χ2n) is 4.87. The highest BCUT2D eigenvalue weighted by Gasteiger charge is 2.40. The topological polar surface area (TPSA) is 113 Å². The van der Waals surface area contributed by atoms with Gasteiger partial charge in [0, 0.05) is 19.8 Å². The van der Waals surface area contributed by atoms with Crippen molar-refractivity contribution in [2.75, 3.05) is 25.1 Å². The molecule has 1 saturated heterocycles. The van der Waals surface area contributed by atoms with Gasteiger partial charge in [0.15, 0.2) is 11.5 Å². The maximum absolute atomic E-state index is 11.6. The van der Waals surface area contributed by atoms with Crippen molar-refractivity contribution in [2.45, 2.75) is 12.8 Å². The summed E-state index contributed by atoms with van der Waals surface area (Å²) in [6, 6.07) is 0. The molecular formula is C12H15N5O3. The Morgan fingerprint density at radius 3 is 2.95 bits per heavy atom. The Morgan fingerprint density at radius 1 is 1.40 bits per heavy atom. The van der Waals surface area contributed by atoms with E-state index in [1.807, 2.05) is 0 Å². The molecule has 106 valence electrons. The average molecular weight is 277 g/mol. The van der Waals surface area contributed by atoms with E-state index in [9.17, 15) is 9.90 Å². The SMILES string of the molecule is O=C(O)C1(CNc2ncnc3nc[nH]c23)CCOCC1. The zero-order valence-corrected chi connectivity index (χ0v) is 10.8. The van der Waals surface area contributed by atoms with Gasteiger partial charge in [-0.25, -0.2) is 15.0 Å². The number of imidazole rings is 1. The number of fused-ring (bicyclic) bond motifs is 1. The number of H-pyrrole nitrogens is 1. The largest absolute Gasteiger partial charge is 0.481 e. The minimum atomic E-state index is -0.810. The van der Waals surface area contributed by atoms with Crippen LogP contribution in [0.4, 0.5) is 5.82 Å². The number of aliphatic carboxylic acids is 1. The molecule has 0 saturated carbocycles. The number of nitrogens with zero attached hydrogens (tertiary/aromatic N) is 3. The van der Waals surface area contributed by atoms with Gasteiger partial charge in [0.2, 0.25) is 0 Å². The molecule has 0 bridgehead atoms. The lowest BCUT2D eigenvalue weighted by molar-refractivity contribution is -0.153. The third-order valence-corrected chi connectivity index (χ3v) is 3.72. The molecule has 0 aliphatic carbocycles. The molecule has 0 amide bonds. The summed E-state index contributed by atoms with van der Waals surface area (Å²) in [5, 5.41) is 12.6. The maximum atomic E-state index is 11.6. The van der Waals surface area contributed by atoms with Crippen LogP contribution in [0.15, 0.2) is 12.7 Å². The standard InChI is InChI=1S/C12H15N5O3/c18-11(19)12(1-3-20-4-2-12)5-13-9-8-10(15-6-14-8)17-7-16-9/h6-7H,1-5H2,(H,18,19)(H2,13,14,15,16,17). The van der Waals surface area contributed by atoms with E-state index >= 15 is 0 Å². The van der Waals surface area contributed by atoms with Gasteiger partial charge in [-0.2, -0.15) is 0 Å². The van der Waals surface area contributed by atoms with Crippen molar-refractivity contribution in [1.82, 2.24) is 19.9 Å². The Labute approximate surface area is 114 Å². The summed E-state index contributed by atoms with van der Waals surface area (Å²) in [7, 11) is 0. The molecule has 0 spiro atoms. The van der Waals surface area contributed by atoms with Crippen molar-refractivity contribution >= 4 is 23.0 Å². The van der Waals surface area contributed by atoms with Gasteiger partial charge in [0.05, 0.1) is 11.7 Å². The van der Waals surface area contributed by atoms with Crippen molar-refractivity contribution in [3.8, 4) is 0 Å². The van der Waals surface area contributed by atoms with Crippen LogP contribution in [0.3, 0.4) is 0 Å². The first kappa shape index (κ1) is 12.8. The van der Waals surface area contributed by atoms with Gasteiger partial charge in [0.1, 0.15) is 11.8 Å². The molecule has 8 nitrogen and oxygen atoms in total. The molecule has 0 atom stereocenters. The predicted molar refractivity (Wildman–Crippen MR) is 70.3 cm³/mol. The van der Waals surface area contributed by atoms with Crippen molar-refractivity contribution in [3.63, 3.8) is 0 Å². The van der Waals surface area contributed by atoms with E-state index in [4.69, 9.17) is 4.74 Å². The van der Waals surface area contributed by atoms with E-state index in [0.29, 0.717) is 49.6 Å². The molecule has 3 rings (SSSR count). The van der Waals surface area contributed by atoms with Crippen LogP contribution in [-0.4, -0.2) is 50.8 Å². The first-order valence-electron chi connectivity index (χ1n) is 6.40. The molecule has 2 aromatic heterocycles. The fraction of sp³-hybridized carbons (Fsp3) is 0.500. The first-order chi connectivity index (χ1) is 9.71.